The lowest BCUT2D eigenvalue weighted by Crippen LogP contribution is -2.23. The maximum absolute atomic E-state index is 12.4. The van der Waals surface area contributed by atoms with Crippen molar-refractivity contribution in [3.05, 3.63) is 79.4 Å². The van der Waals surface area contributed by atoms with Gasteiger partial charge in [0.25, 0.3) is 11.2 Å². The Kier molecular flexibility index (Phi) is 4.56. The molecule has 0 radical (unpaired) electrons. The molecule has 0 bridgehead atoms. The number of ether oxygens (including phenoxy) is 1. The molecule has 1 aromatic heterocycles. The minimum atomic E-state index is -0.562. The van der Waals surface area contributed by atoms with Gasteiger partial charge in [-0.15, -0.1) is 0 Å². The van der Waals surface area contributed by atoms with Crippen molar-refractivity contribution in [2.45, 2.75) is 6.54 Å². The molecule has 3 aromatic rings. The highest BCUT2D eigenvalue weighted by molar-refractivity contribution is 5.79. The van der Waals surface area contributed by atoms with Crippen molar-refractivity contribution < 1.29 is 14.6 Å². The van der Waals surface area contributed by atoms with Crippen molar-refractivity contribution in [1.82, 2.24) is 9.55 Å². The van der Waals surface area contributed by atoms with Crippen LogP contribution in [0.1, 0.15) is 0 Å². The molecule has 0 saturated carbocycles. The van der Waals surface area contributed by atoms with Crippen molar-refractivity contribution >= 4 is 22.3 Å². The molecule has 26 heavy (non-hydrogen) atoms. The van der Waals surface area contributed by atoms with E-state index >= 15 is 0 Å². The third kappa shape index (κ3) is 3.34. The Morgan fingerprint density at radius 3 is 2.58 bits per heavy atom. The van der Waals surface area contributed by atoms with Crippen LogP contribution in [-0.2, 0) is 6.54 Å². The van der Waals surface area contributed by atoms with Gasteiger partial charge < -0.3 is 4.74 Å². The van der Waals surface area contributed by atoms with Gasteiger partial charge in [0.15, 0.2) is 5.75 Å². The van der Waals surface area contributed by atoms with E-state index in [0.29, 0.717) is 0 Å². The molecular formula is C16H12N4O6. The fraction of sp³-hybridized carbons (Fsp3) is 0.125. The van der Waals surface area contributed by atoms with Crippen molar-refractivity contribution in [2.75, 3.05) is 6.61 Å². The molecule has 0 atom stereocenters. The number of rotatable bonds is 6. The van der Waals surface area contributed by atoms with Crippen LogP contribution in [0.5, 0.6) is 5.75 Å². The van der Waals surface area contributed by atoms with Gasteiger partial charge >= 0.3 is 5.69 Å². The van der Waals surface area contributed by atoms with Crippen LogP contribution in [0.25, 0.3) is 10.9 Å². The van der Waals surface area contributed by atoms with Crippen LogP contribution in [0, 0.1) is 20.2 Å². The van der Waals surface area contributed by atoms with E-state index in [1.165, 1.54) is 47.3 Å². The highest BCUT2D eigenvalue weighted by Gasteiger charge is 2.14. The molecule has 0 amide bonds. The summed E-state index contributed by atoms with van der Waals surface area (Å²) in [7, 11) is 0. The number of nitro groups is 2. The summed E-state index contributed by atoms with van der Waals surface area (Å²) in [6.45, 7) is 0.135. The Morgan fingerprint density at radius 2 is 1.85 bits per heavy atom. The molecule has 0 aliphatic carbocycles. The molecule has 10 heteroatoms. The van der Waals surface area contributed by atoms with E-state index in [1.807, 2.05) is 0 Å². The SMILES string of the molecule is O=c1c2ccc([N+](=O)[O-])cc2ncn1CCOc1ccccc1[N+](=O)[O-]. The summed E-state index contributed by atoms with van der Waals surface area (Å²) in [5, 5.41) is 22.0. The third-order valence-corrected chi connectivity index (χ3v) is 3.67. The number of hydrogen-bond donors (Lipinski definition) is 0. The van der Waals surface area contributed by atoms with E-state index in [0.717, 1.165) is 0 Å². The van der Waals surface area contributed by atoms with Crippen molar-refractivity contribution in [3.63, 3.8) is 0 Å². The molecule has 0 spiro atoms. The topological polar surface area (TPSA) is 130 Å². The van der Waals surface area contributed by atoms with Gasteiger partial charge in [0.1, 0.15) is 6.61 Å². The van der Waals surface area contributed by atoms with Gasteiger partial charge in [-0.1, -0.05) is 12.1 Å². The monoisotopic (exact) mass is 356 g/mol. The first-order chi connectivity index (χ1) is 12.5. The standard InChI is InChI=1S/C16H12N4O6/c21-16-12-6-5-11(19(22)23)9-13(12)17-10-18(16)7-8-26-15-4-2-1-3-14(15)20(24)25/h1-6,9-10H,7-8H2. The number of nitro benzene ring substituents is 2. The molecule has 3 rings (SSSR count). The minimum Gasteiger partial charge on any atom is -0.485 e. The van der Waals surface area contributed by atoms with E-state index in [-0.39, 0.29) is 46.7 Å². The van der Waals surface area contributed by atoms with Crippen LogP contribution in [-0.4, -0.2) is 26.0 Å². The zero-order valence-electron chi connectivity index (χ0n) is 13.3. The maximum atomic E-state index is 12.4. The number of para-hydroxylation sites is 2. The third-order valence-electron chi connectivity index (χ3n) is 3.67. The first kappa shape index (κ1) is 17.0. The molecule has 0 aliphatic heterocycles. The number of non-ortho nitro benzene ring substituents is 1. The molecular weight excluding hydrogens is 344 g/mol. The van der Waals surface area contributed by atoms with Gasteiger partial charge in [-0.05, 0) is 12.1 Å². The number of aromatic nitrogens is 2. The average molecular weight is 356 g/mol. The molecule has 0 fully saturated rings. The summed E-state index contributed by atoms with van der Waals surface area (Å²) in [5.41, 5.74) is -0.471. The normalized spacial score (nSPS) is 10.6. The predicted molar refractivity (Wildman–Crippen MR) is 91.2 cm³/mol. The minimum absolute atomic E-state index is 0.0188. The Labute approximate surface area is 145 Å². The smallest absolute Gasteiger partial charge is 0.310 e. The van der Waals surface area contributed by atoms with Crippen LogP contribution < -0.4 is 10.3 Å². The average Bonchev–Trinajstić information content (AvgIpc) is 2.63. The lowest BCUT2D eigenvalue weighted by molar-refractivity contribution is -0.385. The van der Waals surface area contributed by atoms with E-state index in [4.69, 9.17) is 4.74 Å². The highest BCUT2D eigenvalue weighted by Crippen LogP contribution is 2.25. The quantitative estimate of drug-likeness (QED) is 0.489. The van der Waals surface area contributed by atoms with E-state index in [9.17, 15) is 25.0 Å². The largest absolute Gasteiger partial charge is 0.485 e. The summed E-state index contributed by atoms with van der Waals surface area (Å²) in [6.07, 6.45) is 1.26. The molecule has 10 nitrogen and oxygen atoms in total. The Bertz CT molecular complexity index is 1060. The van der Waals surface area contributed by atoms with Gasteiger partial charge in [0.05, 0.1) is 33.6 Å². The molecule has 1 heterocycles. The van der Waals surface area contributed by atoms with E-state index in [2.05, 4.69) is 4.98 Å². The number of fused-ring (bicyclic) bond motifs is 1. The lowest BCUT2D eigenvalue weighted by atomic mass is 10.2. The molecule has 132 valence electrons. The van der Waals surface area contributed by atoms with Crippen LogP contribution in [0.15, 0.2) is 53.6 Å². The second kappa shape index (κ2) is 6.97. The molecule has 2 aromatic carbocycles. The fourth-order valence-electron chi connectivity index (χ4n) is 2.40. The van der Waals surface area contributed by atoms with Gasteiger partial charge in [-0.2, -0.15) is 0 Å². The van der Waals surface area contributed by atoms with Gasteiger partial charge in [-0.3, -0.25) is 29.6 Å². The van der Waals surface area contributed by atoms with Gasteiger partial charge in [0, 0.05) is 18.2 Å². The van der Waals surface area contributed by atoms with Crippen LogP contribution in [0.2, 0.25) is 0 Å². The Hall–Kier alpha value is -3.82. The summed E-state index contributed by atoms with van der Waals surface area (Å²) in [5.74, 6) is 0.106. The van der Waals surface area contributed by atoms with Crippen molar-refractivity contribution in [3.8, 4) is 5.75 Å². The zero-order chi connectivity index (χ0) is 18.7. The summed E-state index contributed by atoms with van der Waals surface area (Å²) >= 11 is 0. The zero-order valence-corrected chi connectivity index (χ0v) is 13.3. The number of benzene rings is 2. The first-order valence-corrected chi connectivity index (χ1v) is 7.47. The van der Waals surface area contributed by atoms with Crippen molar-refractivity contribution in [2.24, 2.45) is 0 Å². The number of nitrogens with zero attached hydrogens (tertiary/aromatic N) is 4. The van der Waals surface area contributed by atoms with E-state index < -0.39 is 9.85 Å². The highest BCUT2D eigenvalue weighted by atomic mass is 16.6. The van der Waals surface area contributed by atoms with Crippen LogP contribution >= 0.6 is 0 Å². The summed E-state index contributed by atoms with van der Waals surface area (Å²) in [6, 6.07) is 9.75. The van der Waals surface area contributed by atoms with Crippen LogP contribution in [0.3, 0.4) is 0 Å². The molecule has 0 N–H and O–H groups in total. The summed E-state index contributed by atoms with van der Waals surface area (Å²) in [4.78, 5) is 37.1. The lowest BCUT2D eigenvalue weighted by Gasteiger charge is -2.09. The number of hydrogen-bond acceptors (Lipinski definition) is 7. The van der Waals surface area contributed by atoms with Crippen LogP contribution in [0.4, 0.5) is 11.4 Å². The Balaban J connectivity index is 1.79. The summed E-state index contributed by atoms with van der Waals surface area (Å²) < 4.78 is 6.68. The van der Waals surface area contributed by atoms with E-state index in [1.54, 1.807) is 6.07 Å². The maximum Gasteiger partial charge on any atom is 0.310 e. The van der Waals surface area contributed by atoms with Crippen molar-refractivity contribution in [1.29, 1.82) is 0 Å². The fourth-order valence-corrected chi connectivity index (χ4v) is 2.40. The van der Waals surface area contributed by atoms with Gasteiger partial charge in [-0.25, -0.2) is 4.98 Å². The second-order valence-electron chi connectivity index (χ2n) is 5.27. The molecule has 0 unspecified atom stereocenters. The Morgan fingerprint density at radius 1 is 1.08 bits per heavy atom. The first-order valence-electron chi connectivity index (χ1n) is 7.47. The van der Waals surface area contributed by atoms with Gasteiger partial charge in [0.2, 0.25) is 0 Å². The second-order valence-corrected chi connectivity index (χ2v) is 5.27. The molecule has 0 aliphatic rings. The molecule has 0 saturated heterocycles. The predicted octanol–water partition coefficient (Wildman–Crippen LogP) is 2.29.